The maximum absolute atomic E-state index is 5.39. The van der Waals surface area contributed by atoms with E-state index >= 15 is 0 Å². The summed E-state index contributed by atoms with van der Waals surface area (Å²) >= 11 is 0. The average molecular weight is 178 g/mol. The van der Waals surface area contributed by atoms with Crippen molar-refractivity contribution < 1.29 is 0 Å². The van der Waals surface area contributed by atoms with Crippen molar-refractivity contribution in [3.63, 3.8) is 0 Å². The van der Waals surface area contributed by atoms with Crippen LogP contribution in [0.25, 0.3) is 0 Å². The molecular formula is C9H14N4. The quantitative estimate of drug-likeness (QED) is 0.687. The lowest BCUT2D eigenvalue weighted by atomic mass is 10.3. The van der Waals surface area contributed by atoms with Gasteiger partial charge in [-0.2, -0.15) is 0 Å². The number of hydrogen-bond acceptors (Lipinski definition) is 4. The lowest BCUT2D eigenvalue weighted by Gasteiger charge is -2.01. The Labute approximate surface area is 77.9 Å². The molecule has 0 fully saturated rings. The third kappa shape index (κ3) is 3.55. The van der Waals surface area contributed by atoms with Crippen molar-refractivity contribution in [1.82, 2.24) is 9.97 Å². The van der Waals surface area contributed by atoms with Gasteiger partial charge in [-0.15, -0.1) is 0 Å². The normalized spacial score (nSPS) is 9.38. The second kappa shape index (κ2) is 4.45. The van der Waals surface area contributed by atoms with Crippen LogP contribution in [0.2, 0.25) is 0 Å². The van der Waals surface area contributed by atoms with Crippen molar-refractivity contribution in [3.05, 3.63) is 24.0 Å². The number of nitrogens with zero attached hydrogens (tertiary/aromatic N) is 2. The Balaban J connectivity index is 2.46. The van der Waals surface area contributed by atoms with Gasteiger partial charge in [0.25, 0.3) is 0 Å². The largest absolute Gasteiger partial charge is 0.382 e. The average Bonchev–Trinajstić information content (AvgIpc) is 2.08. The Kier molecular flexibility index (Phi) is 3.25. The second-order valence-corrected chi connectivity index (χ2v) is 2.99. The van der Waals surface area contributed by atoms with Gasteiger partial charge in [-0.3, -0.25) is 0 Å². The van der Waals surface area contributed by atoms with E-state index < -0.39 is 0 Å². The fraction of sp³-hybridized carbons (Fsp3) is 0.333. The van der Waals surface area contributed by atoms with Gasteiger partial charge in [-0.1, -0.05) is 11.6 Å². The highest BCUT2D eigenvalue weighted by molar-refractivity contribution is 5.36. The van der Waals surface area contributed by atoms with Gasteiger partial charge in [-0.25, -0.2) is 9.97 Å². The van der Waals surface area contributed by atoms with Gasteiger partial charge in [0.15, 0.2) is 0 Å². The zero-order valence-corrected chi connectivity index (χ0v) is 7.91. The molecule has 4 nitrogen and oxygen atoms in total. The van der Waals surface area contributed by atoms with E-state index in [-0.39, 0.29) is 0 Å². The molecule has 13 heavy (non-hydrogen) atoms. The Bertz CT molecular complexity index is 285. The third-order valence-electron chi connectivity index (χ3n) is 1.47. The molecule has 0 saturated carbocycles. The molecule has 0 unspecified atom stereocenters. The molecule has 1 rings (SSSR count). The van der Waals surface area contributed by atoms with Gasteiger partial charge < -0.3 is 11.1 Å². The van der Waals surface area contributed by atoms with Crippen molar-refractivity contribution >= 4 is 11.6 Å². The van der Waals surface area contributed by atoms with Gasteiger partial charge in [-0.05, 0) is 13.8 Å². The van der Waals surface area contributed by atoms with E-state index in [1.807, 2.05) is 0 Å². The molecule has 0 aromatic carbocycles. The van der Waals surface area contributed by atoms with Crippen LogP contribution >= 0.6 is 0 Å². The first-order chi connectivity index (χ1) is 6.18. The van der Waals surface area contributed by atoms with Gasteiger partial charge in [0, 0.05) is 6.54 Å². The highest BCUT2D eigenvalue weighted by atomic mass is 15.0. The summed E-state index contributed by atoms with van der Waals surface area (Å²) in [6, 6.07) is 0. The first kappa shape index (κ1) is 9.51. The van der Waals surface area contributed by atoms with Crippen LogP contribution in [-0.2, 0) is 0 Å². The number of aromatic nitrogens is 2. The van der Waals surface area contributed by atoms with Gasteiger partial charge in [0.2, 0.25) is 0 Å². The van der Waals surface area contributed by atoms with E-state index in [9.17, 15) is 0 Å². The van der Waals surface area contributed by atoms with Crippen molar-refractivity contribution in [2.45, 2.75) is 13.8 Å². The minimum absolute atomic E-state index is 0.438. The summed E-state index contributed by atoms with van der Waals surface area (Å²) in [7, 11) is 0. The van der Waals surface area contributed by atoms with E-state index in [0.29, 0.717) is 5.82 Å². The molecule has 1 aromatic heterocycles. The molecule has 0 amide bonds. The fourth-order valence-electron chi connectivity index (χ4n) is 0.789. The SMILES string of the molecule is CC(C)=CCNc1cnc(N)cn1. The Morgan fingerprint density at radius 2 is 2.23 bits per heavy atom. The van der Waals surface area contributed by atoms with Gasteiger partial charge in [0.05, 0.1) is 12.4 Å². The molecule has 0 atom stereocenters. The topological polar surface area (TPSA) is 63.8 Å². The van der Waals surface area contributed by atoms with E-state index in [0.717, 1.165) is 12.4 Å². The summed E-state index contributed by atoms with van der Waals surface area (Å²) in [4.78, 5) is 7.96. The second-order valence-electron chi connectivity index (χ2n) is 2.99. The van der Waals surface area contributed by atoms with Crippen LogP contribution in [0.15, 0.2) is 24.0 Å². The zero-order valence-electron chi connectivity index (χ0n) is 7.91. The van der Waals surface area contributed by atoms with Crippen LogP contribution < -0.4 is 11.1 Å². The van der Waals surface area contributed by atoms with E-state index in [1.54, 1.807) is 6.20 Å². The molecule has 1 heterocycles. The molecule has 1 aromatic rings. The fourth-order valence-corrected chi connectivity index (χ4v) is 0.789. The minimum atomic E-state index is 0.438. The lowest BCUT2D eigenvalue weighted by molar-refractivity contribution is 1.16. The predicted octanol–water partition coefficient (Wildman–Crippen LogP) is 1.44. The predicted molar refractivity (Wildman–Crippen MR) is 54.4 cm³/mol. The smallest absolute Gasteiger partial charge is 0.144 e. The molecule has 0 aliphatic carbocycles. The summed E-state index contributed by atoms with van der Waals surface area (Å²) in [5.74, 6) is 1.18. The molecule has 0 aliphatic heterocycles. The van der Waals surface area contributed by atoms with Gasteiger partial charge in [0.1, 0.15) is 11.6 Å². The van der Waals surface area contributed by atoms with Crippen LogP contribution in [0.3, 0.4) is 0 Å². The molecule has 3 N–H and O–H groups in total. The lowest BCUT2D eigenvalue weighted by Crippen LogP contribution is -2.02. The number of allylic oxidation sites excluding steroid dienone is 1. The molecule has 0 bridgehead atoms. The third-order valence-corrected chi connectivity index (χ3v) is 1.47. The molecule has 0 spiro atoms. The number of nitrogens with one attached hydrogen (secondary N) is 1. The first-order valence-electron chi connectivity index (χ1n) is 4.13. The summed E-state index contributed by atoms with van der Waals surface area (Å²) in [5, 5.41) is 3.10. The number of hydrogen-bond donors (Lipinski definition) is 2. The van der Waals surface area contributed by atoms with Crippen molar-refractivity contribution in [1.29, 1.82) is 0 Å². The highest BCUT2D eigenvalue weighted by Crippen LogP contribution is 2.01. The van der Waals surface area contributed by atoms with Crippen LogP contribution in [0, 0.1) is 0 Å². The van der Waals surface area contributed by atoms with Crippen LogP contribution in [0.4, 0.5) is 11.6 Å². The maximum atomic E-state index is 5.39. The zero-order chi connectivity index (χ0) is 9.68. The van der Waals surface area contributed by atoms with E-state index in [2.05, 4.69) is 35.2 Å². The standard InChI is InChI=1S/C9H14N4/c1-7(2)3-4-11-9-6-12-8(10)5-13-9/h3,5-6H,4H2,1-2H3,(H2,10,12)(H,11,13). The molecule has 0 saturated heterocycles. The molecule has 0 radical (unpaired) electrons. The minimum Gasteiger partial charge on any atom is -0.382 e. The Morgan fingerprint density at radius 1 is 1.46 bits per heavy atom. The summed E-state index contributed by atoms with van der Waals surface area (Å²) in [6.45, 7) is 4.87. The van der Waals surface area contributed by atoms with Crippen molar-refractivity contribution in [2.24, 2.45) is 0 Å². The summed E-state index contributed by atoms with van der Waals surface area (Å²) in [6.07, 6.45) is 5.23. The number of rotatable bonds is 3. The Hall–Kier alpha value is -1.58. The molecule has 0 aliphatic rings. The number of nitrogen functional groups attached to an aromatic ring is 1. The monoisotopic (exact) mass is 178 g/mol. The van der Waals surface area contributed by atoms with E-state index in [4.69, 9.17) is 5.73 Å². The summed E-state index contributed by atoms with van der Waals surface area (Å²) < 4.78 is 0. The molecular weight excluding hydrogens is 164 g/mol. The first-order valence-corrected chi connectivity index (χ1v) is 4.13. The van der Waals surface area contributed by atoms with E-state index in [1.165, 1.54) is 11.8 Å². The Morgan fingerprint density at radius 3 is 2.77 bits per heavy atom. The van der Waals surface area contributed by atoms with Gasteiger partial charge >= 0.3 is 0 Å². The van der Waals surface area contributed by atoms with Crippen LogP contribution in [0.5, 0.6) is 0 Å². The van der Waals surface area contributed by atoms with Crippen molar-refractivity contribution in [3.8, 4) is 0 Å². The summed E-state index contributed by atoms with van der Waals surface area (Å²) in [5.41, 5.74) is 6.66. The maximum Gasteiger partial charge on any atom is 0.144 e. The van der Waals surface area contributed by atoms with Crippen LogP contribution in [-0.4, -0.2) is 16.5 Å². The van der Waals surface area contributed by atoms with Crippen molar-refractivity contribution in [2.75, 3.05) is 17.6 Å². The van der Waals surface area contributed by atoms with Crippen LogP contribution in [0.1, 0.15) is 13.8 Å². The number of anilines is 2. The molecule has 70 valence electrons. The highest BCUT2D eigenvalue weighted by Gasteiger charge is 1.91. The number of nitrogens with two attached hydrogens (primary N) is 1. The molecule has 4 heteroatoms.